The van der Waals surface area contributed by atoms with Gasteiger partial charge in [-0.05, 0) is 36.1 Å². The minimum Gasteiger partial charge on any atom is -0.497 e. The van der Waals surface area contributed by atoms with Crippen molar-refractivity contribution in [1.29, 1.82) is 0 Å². The summed E-state index contributed by atoms with van der Waals surface area (Å²) in [6.07, 6.45) is 0. The van der Waals surface area contributed by atoms with Crippen LogP contribution < -0.4 is 10.3 Å². The van der Waals surface area contributed by atoms with Crippen molar-refractivity contribution >= 4 is 50.6 Å². The number of rotatable bonds is 8. The van der Waals surface area contributed by atoms with Gasteiger partial charge in [0.25, 0.3) is 5.56 Å². The average molecular weight is 486 g/mol. The van der Waals surface area contributed by atoms with Crippen LogP contribution in [0, 0.1) is 0 Å². The van der Waals surface area contributed by atoms with E-state index in [4.69, 9.17) is 9.72 Å². The van der Waals surface area contributed by atoms with Gasteiger partial charge in [0.1, 0.15) is 10.6 Å². The predicted octanol–water partition coefficient (Wildman–Crippen LogP) is 4.97. The summed E-state index contributed by atoms with van der Waals surface area (Å²) >= 11 is 4.38. The Bertz CT molecular complexity index is 1300. The number of hydrogen-bond donors (Lipinski definition) is 0. The zero-order chi connectivity index (χ0) is 22.7. The number of hydrogen-bond acceptors (Lipinski definition) is 7. The molecule has 9 heteroatoms. The van der Waals surface area contributed by atoms with E-state index in [2.05, 4.69) is 0 Å². The van der Waals surface area contributed by atoms with E-state index in [1.54, 1.807) is 35.0 Å². The molecular weight excluding hydrogens is 462 g/mol. The molecule has 0 saturated heterocycles. The third-order valence-electron chi connectivity index (χ3n) is 5.07. The van der Waals surface area contributed by atoms with Crippen LogP contribution in [0.25, 0.3) is 20.7 Å². The van der Waals surface area contributed by atoms with Crippen LogP contribution in [0.15, 0.2) is 57.1 Å². The van der Waals surface area contributed by atoms with Crippen LogP contribution >= 0.6 is 34.4 Å². The number of amides is 1. The van der Waals surface area contributed by atoms with Gasteiger partial charge in [0, 0.05) is 36.0 Å². The molecule has 0 radical (unpaired) electrons. The Hall–Kier alpha value is -2.62. The second kappa shape index (κ2) is 9.89. The van der Waals surface area contributed by atoms with Crippen LogP contribution in [0.5, 0.6) is 5.75 Å². The number of nitrogens with zero attached hydrogens (tertiary/aromatic N) is 3. The fourth-order valence-corrected chi connectivity index (χ4v) is 6.18. The molecule has 0 saturated carbocycles. The smallest absolute Gasteiger partial charge is 0.263 e. The largest absolute Gasteiger partial charge is 0.497 e. The first-order valence-electron chi connectivity index (χ1n) is 10.1. The van der Waals surface area contributed by atoms with E-state index in [-0.39, 0.29) is 17.2 Å². The quantitative estimate of drug-likeness (QED) is 0.261. The first-order chi connectivity index (χ1) is 15.5. The lowest BCUT2D eigenvalue weighted by Crippen LogP contribution is -2.28. The molecule has 1 amide bonds. The van der Waals surface area contributed by atoms with Crippen LogP contribution in [0.1, 0.15) is 12.5 Å². The van der Waals surface area contributed by atoms with Crippen LogP contribution in [0.4, 0.5) is 0 Å². The van der Waals surface area contributed by atoms with Gasteiger partial charge in [-0.3, -0.25) is 14.2 Å². The van der Waals surface area contributed by atoms with E-state index in [1.807, 2.05) is 54.1 Å². The topological polar surface area (TPSA) is 64.4 Å². The molecule has 0 unspecified atom stereocenters. The average Bonchev–Trinajstić information content (AvgIpc) is 3.47. The number of aromatic nitrogens is 2. The molecule has 1 aromatic carbocycles. The van der Waals surface area contributed by atoms with Crippen LogP contribution in [0.2, 0.25) is 0 Å². The fraction of sp³-hybridized carbons (Fsp3) is 0.261. The highest BCUT2D eigenvalue weighted by molar-refractivity contribution is 7.99. The molecule has 166 valence electrons. The van der Waals surface area contributed by atoms with E-state index < -0.39 is 0 Å². The molecule has 4 aromatic rings. The number of fused-ring (bicyclic) bond motifs is 1. The van der Waals surface area contributed by atoms with Crippen molar-refractivity contribution in [3.05, 3.63) is 63.1 Å². The molecule has 6 nitrogen and oxygen atoms in total. The summed E-state index contributed by atoms with van der Waals surface area (Å²) < 4.78 is 6.91. The summed E-state index contributed by atoms with van der Waals surface area (Å²) in [5.74, 6) is 0.946. The molecule has 0 bridgehead atoms. The summed E-state index contributed by atoms with van der Waals surface area (Å²) in [5.41, 5.74) is 1.88. The molecule has 3 aromatic heterocycles. The van der Waals surface area contributed by atoms with Gasteiger partial charge in [0.15, 0.2) is 5.16 Å². The molecule has 4 rings (SSSR count). The van der Waals surface area contributed by atoms with E-state index in [9.17, 15) is 9.59 Å². The second-order valence-corrected chi connectivity index (χ2v) is 9.89. The molecule has 0 N–H and O–H groups in total. The highest BCUT2D eigenvalue weighted by atomic mass is 32.2. The first kappa shape index (κ1) is 22.6. The summed E-state index contributed by atoms with van der Waals surface area (Å²) in [6.45, 7) is 2.91. The van der Waals surface area contributed by atoms with Gasteiger partial charge in [0.2, 0.25) is 5.91 Å². The molecule has 0 aliphatic carbocycles. The van der Waals surface area contributed by atoms with Gasteiger partial charge in [-0.15, -0.1) is 22.7 Å². The lowest BCUT2D eigenvalue weighted by atomic mass is 10.2. The monoisotopic (exact) mass is 485 g/mol. The lowest BCUT2D eigenvalue weighted by Gasteiger charge is -2.18. The third-order valence-corrected chi connectivity index (χ3v) is 7.80. The van der Waals surface area contributed by atoms with Crippen LogP contribution in [-0.4, -0.2) is 40.3 Å². The molecule has 0 spiro atoms. The number of benzene rings is 1. The minimum absolute atomic E-state index is 0.0275. The number of carbonyl (C=O) groups is 1. The third kappa shape index (κ3) is 4.60. The number of carbonyl (C=O) groups excluding carboxylic acids is 1. The van der Waals surface area contributed by atoms with Crippen LogP contribution in [0.3, 0.4) is 0 Å². The van der Waals surface area contributed by atoms with Crippen LogP contribution in [-0.2, 0) is 17.9 Å². The van der Waals surface area contributed by atoms with E-state index in [1.165, 1.54) is 23.1 Å². The summed E-state index contributed by atoms with van der Waals surface area (Å²) in [4.78, 5) is 34.2. The van der Waals surface area contributed by atoms with Gasteiger partial charge in [0.05, 0.1) is 18.2 Å². The second-order valence-electron chi connectivity index (χ2n) is 7.14. The predicted molar refractivity (Wildman–Crippen MR) is 133 cm³/mol. The van der Waals surface area contributed by atoms with Crippen molar-refractivity contribution in [2.75, 3.05) is 19.9 Å². The Morgan fingerprint density at radius 2 is 2.09 bits per heavy atom. The number of thiophene rings is 2. The molecule has 32 heavy (non-hydrogen) atoms. The first-order valence-corrected chi connectivity index (χ1v) is 12.8. The van der Waals surface area contributed by atoms with Gasteiger partial charge in [-0.1, -0.05) is 30.0 Å². The number of ether oxygens (including phenoxy) is 1. The van der Waals surface area contributed by atoms with E-state index in [0.29, 0.717) is 28.5 Å². The highest BCUT2D eigenvalue weighted by Crippen LogP contribution is 2.34. The van der Waals surface area contributed by atoms with Gasteiger partial charge in [-0.2, -0.15) is 0 Å². The zero-order valence-corrected chi connectivity index (χ0v) is 20.5. The van der Waals surface area contributed by atoms with Crippen molar-refractivity contribution in [2.24, 2.45) is 0 Å². The number of thioether (sulfide) groups is 1. The standard InChI is InChI=1S/C23H23N3O3S3/c1-4-26-22(28)20-17(18-9-6-10-30-18)13-31-21(20)24-23(26)32-14-19(27)25(2)12-15-7-5-8-16(11-15)29-3/h5-11,13H,4,12,14H2,1-3H3. The number of methoxy groups -OCH3 is 1. The van der Waals surface area contributed by atoms with Crippen molar-refractivity contribution in [1.82, 2.24) is 14.5 Å². The Balaban J connectivity index is 1.52. The van der Waals surface area contributed by atoms with Gasteiger partial charge < -0.3 is 9.64 Å². The Morgan fingerprint density at radius 1 is 1.25 bits per heavy atom. The molecule has 3 heterocycles. The Kier molecular flexibility index (Phi) is 6.98. The Labute approximate surface area is 198 Å². The molecule has 0 aliphatic rings. The lowest BCUT2D eigenvalue weighted by molar-refractivity contribution is -0.127. The van der Waals surface area contributed by atoms with Crippen molar-refractivity contribution < 1.29 is 9.53 Å². The Morgan fingerprint density at radius 3 is 2.81 bits per heavy atom. The maximum atomic E-state index is 13.3. The SMILES string of the molecule is CCn1c(SCC(=O)N(C)Cc2cccc(OC)c2)nc2scc(-c3cccs3)c2c1=O. The van der Waals surface area contributed by atoms with Crippen molar-refractivity contribution in [2.45, 2.75) is 25.2 Å². The zero-order valence-electron chi connectivity index (χ0n) is 18.0. The molecule has 0 fully saturated rings. The molecule has 0 atom stereocenters. The summed E-state index contributed by atoms with van der Waals surface area (Å²) in [5, 5.41) is 5.23. The fourth-order valence-electron chi connectivity index (χ4n) is 3.38. The minimum atomic E-state index is -0.0539. The highest BCUT2D eigenvalue weighted by Gasteiger charge is 2.19. The van der Waals surface area contributed by atoms with E-state index >= 15 is 0 Å². The normalized spacial score (nSPS) is 11.1. The maximum Gasteiger partial charge on any atom is 0.263 e. The molecular formula is C23H23N3O3S3. The van der Waals surface area contributed by atoms with Gasteiger partial charge in [-0.25, -0.2) is 4.98 Å². The van der Waals surface area contributed by atoms with Gasteiger partial charge >= 0.3 is 0 Å². The van der Waals surface area contributed by atoms with E-state index in [0.717, 1.165) is 21.8 Å². The van der Waals surface area contributed by atoms with Crippen molar-refractivity contribution in [3.63, 3.8) is 0 Å². The maximum absolute atomic E-state index is 13.3. The summed E-state index contributed by atoms with van der Waals surface area (Å²) in [6, 6.07) is 11.7. The summed E-state index contributed by atoms with van der Waals surface area (Å²) in [7, 11) is 3.40. The van der Waals surface area contributed by atoms with Crippen molar-refractivity contribution in [3.8, 4) is 16.2 Å². The molecule has 0 aliphatic heterocycles.